The Morgan fingerprint density at radius 3 is 2.23 bits per heavy atom. The molecule has 1 aliphatic rings. The van der Waals surface area contributed by atoms with Crippen molar-refractivity contribution in [1.82, 2.24) is 24.6 Å². The van der Waals surface area contributed by atoms with Gasteiger partial charge in [-0.2, -0.15) is 5.10 Å². The third-order valence-corrected chi connectivity index (χ3v) is 5.56. The average Bonchev–Trinajstić information content (AvgIpc) is 3.15. The van der Waals surface area contributed by atoms with E-state index in [0.29, 0.717) is 22.6 Å². The number of hydrogen-bond acceptors (Lipinski definition) is 4. The van der Waals surface area contributed by atoms with E-state index in [1.807, 2.05) is 72.5 Å². The minimum Gasteiger partial charge on any atom is -0.337 e. The second-order valence-electron chi connectivity index (χ2n) is 7.64. The molecule has 0 radical (unpaired) electrons. The van der Waals surface area contributed by atoms with Gasteiger partial charge in [-0.25, -0.2) is 14.6 Å². The predicted molar refractivity (Wildman–Crippen MR) is 117 cm³/mol. The number of benzene rings is 2. The molecule has 0 N–H and O–H groups in total. The molecule has 0 saturated carbocycles. The Hall–Kier alpha value is -3.54. The van der Waals surface area contributed by atoms with Crippen molar-refractivity contribution in [1.29, 1.82) is 0 Å². The van der Waals surface area contributed by atoms with Crippen LogP contribution in [0.15, 0.2) is 60.7 Å². The van der Waals surface area contributed by atoms with Crippen molar-refractivity contribution in [3.8, 4) is 16.9 Å². The van der Waals surface area contributed by atoms with E-state index >= 15 is 0 Å². The molecule has 3 heterocycles. The van der Waals surface area contributed by atoms with E-state index in [1.165, 1.54) is 6.42 Å². The van der Waals surface area contributed by atoms with Crippen LogP contribution in [0.5, 0.6) is 0 Å². The number of piperidine rings is 1. The van der Waals surface area contributed by atoms with Crippen LogP contribution in [-0.4, -0.2) is 43.6 Å². The molecule has 6 nitrogen and oxygen atoms in total. The zero-order valence-corrected chi connectivity index (χ0v) is 17.0. The number of carbonyl (C=O) groups is 1. The first-order valence-electron chi connectivity index (χ1n) is 10.4. The minimum atomic E-state index is -0.0465. The Morgan fingerprint density at radius 2 is 1.53 bits per heavy atom. The normalized spacial score (nSPS) is 14.2. The summed E-state index contributed by atoms with van der Waals surface area (Å²) in [6, 6.07) is 19.7. The van der Waals surface area contributed by atoms with Crippen molar-refractivity contribution in [2.75, 3.05) is 13.1 Å². The molecule has 1 saturated heterocycles. The molecular weight excluding hydrogens is 374 g/mol. The van der Waals surface area contributed by atoms with Gasteiger partial charge in [0.1, 0.15) is 11.2 Å². The summed E-state index contributed by atoms with van der Waals surface area (Å²) in [5.41, 5.74) is 4.90. The Kier molecular flexibility index (Phi) is 4.75. The van der Waals surface area contributed by atoms with Gasteiger partial charge in [-0.1, -0.05) is 48.5 Å². The standard InChI is InChI=1S/C24H23N5O/c1-17-20-23(29(27-17)19-13-7-3-8-14-19)26-21(18-11-5-2-6-12-18)22(25-20)24(30)28-15-9-4-10-16-28/h2-3,5-8,11-14H,4,9-10,15-16H2,1H3. The summed E-state index contributed by atoms with van der Waals surface area (Å²) >= 11 is 0. The molecule has 150 valence electrons. The number of fused-ring (bicyclic) bond motifs is 1. The van der Waals surface area contributed by atoms with Gasteiger partial charge in [0.15, 0.2) is 11.3 Å². The van der Waals surface area contributed by atoms with Crippen LogP contribution in [0.1, 0.15) is 35.4 Å². The lowest BCUT2D eigenvalue weighted by Gasteiger charge is -2.26. The SMILES string of the molecule is Cc1nn(-c2ccccc2)c2nc(-c3ccccc3)c(C(=O)N3CCCCC3)nc12. The molecule has 4 aromatic rings. The zero-order chi connectivity index (χ0) is 20.5. The number of aromatic nitrogens is 4. The van der Waals surface area contributed by atoms with Gasteiger partial charge >= 0.3 is 0 Å². The largest absolute Gasteiger partial charge is 0.337 e. The maximum absolute atomic E-state index is 13.4. The molecule has 5 rings (SSSR count). The van der Waals surface area contributed by atoms with Gasteiger partial charge in [-0.15, -0.1) is 0 Å². The summed E-state index contributed by atoms with van der Waals surface area (Å²) in [6.45, 7) is 3.46. The molecule has 0 unspecified atom stereocenters. The molecule has 2 aromatic carbocycles. The third-order valence-electron chi connectivity index (χ3n) is 5.56. The van der Waals surface area contributed by atoms with Crippen molar-refractivity contribution in [3.63, 3.8) is 0 Å². The van der Waals surface area contributed by atoms with Crippen molar-refractivity contribution < 1.29 is 4.79 Å². The molecule has 0 bridgehead atoms. The Bertz CT molecular complexity index is 1190. The fourth-order valence-corrected chi connectivity index (χ4v) is 4.00. The van der Waals surface area contributed by atoms with Gasteiger partial charge in [-0.05, 0) is 38.3 Å². The fourth-order valence-electron chi connectivity index (χ4n) is 4.00. The van der Waals surface area contributed by atoms with E-state index in [9.17, 15) is 4.79 Å². The van der Waals surface area contributed by atoms with Crippen LogP contribution in [0.2, 0.25) is 0 Å². The van der Waals surface area contributed by atoms with Crippen LogP contribution in [0.25, 0.3) is 28.1 Å². The molecule has 1 amide bonds. The zero-order valence-electron chi connectivity index (χ0n) is 17.0. The average molecular weight is 397 g/mol. The van der Waals surface area contributed by atoms with Crippen molar-refractivity contribution in [2.24, 2.45) is 0 Å². The number of likely N-dealkylation sites (tertiary alicyclic amines) is 1. The monoisotopic (exact) mass is 397 g/mol. The van der Waals surface area contributed by atoms with Crippen molar-refractivity contribution in [2.45, 2.75) is 26.2 Å². The molecule has 0 aliphatic carbocycles. The minimum absolute atomic E-state index is 0.0465. The van der Waals surface area contributed by atoms with Gasteiger partial charge < -0.3 is 4.90 Å². The van der Waals surface area contributed by atoms with Gasteiger partial charge in [0.25, 0.3) is 5.91 Å². The maximum Gasteiger partial charge on any atom is 0.274 e. The lowest BCUT2D eigenvalue weighted by molar-refractivity contribution is 0.0719. The Labute approximate surface area is 175 Å². The number of nitrogens with zero attached hydrogens (tertiary/aromatic N) is 5. The van der Waals surface area contributed by atoms with Crippen LogP contribution >= 0.6 is 0 Å². The van der Waals surface area contributed by atoms with E-state index in [4.69, 9.17) is 9.97 Å². The van der Waals surface area contributed by atoms with E-state index in [2.05, 4.69) is 5.10 Å². The molecule has 0 atom stereocenters. The molecule has 0 spiro atoms. The highest BCUT2D eigenvalue weighted by atomic mass is 16.2. The topological polar surface area (TPSA) is 63.9 Å². The highest BCUT2D eigenvalue weighted by Gasteiger charge is 2.26. The Balaban J connectivity index is 1.73. The van der Waals surface area contributed by atoms with E-state index in [-0.39, 0.29) is 5.91 Å². The van der Waals surface area contributed by atoms with Gasteiger partial charge in [0, 0.05) is 18.7 Å². The molecule has 30 heavy (non-hydrogen) atoms. The van der Waals surface area contributed by atoms with Crippen molar-refractivity contribution >= 4 is 17.1 Å². The van der Waals surface area contributed by atoms with Crippen LogP contribution in [0.4, 0.5) is 0 Å². The van der Waals surface area contributed by atoms with E-state index < -0.39 is 0 Å². The first kappa shape index (κ1) is 18.5. The highest BCUT2D eigenvalue weighted by molar-refractivity contribution is 6.00. The van der Waals surface area contributed by atoms with Gasteiger partial charge in [-0.3, -0.25) is 4.79 Å². The quantitative estimate of drug-likeness (QED) is 0.513. The summed E-state index contributed by atoms with van der Waals surface area (Å²) < 4.78 is 1.80. The van der Waals surface area contributed by atoms with Crippen molar-refractivity contribution in [3.05, 3.63) is 72.1 Å². The number of para-hydroxylation sites is 1. The smallest absolute Gasteiger partial charge is 0.274 e. The number of amides is 1. The number of rotatable bonds is 3. The maximum atomic E-state index is 13.4. The number of carbonyl (C=O) groups excluding carboxylic acids is 1. The number of hydrogen-bond donors (Lipinski definition) is 0. The highest BCUT2D eigenvalue weighted by Crippen LogP contribution is 2.27. The molecule has 2 aromatic heterocycles. The van der Waals surface area contributed by atoms with E-state index in [1.54, 1.807) is 4.68 Å². The van der Waals surface area contributed by atoms with Crippen LogP contribution in [0, 0.1) is 6.92 Å². The van der Waals surface area contributed by atoms with Gasteiger partial charge in [0.05, 0.1) is 11.4 Å². The number of aryl methyl sites for hydroxylation is 1. The van der Waals surface area contributed by atoms with Crippen LogP contribution < -0.4 is 0 Å². The second-order valence-corrected chi connectivity index (χ2v) is 7.64. The van der Waals surface area contributed by atoms with E-state index in [0.717, 1.165) is 42.9 Å². The summed E-state index contributed by atoms with van der Waals surface area (Å²) in [5, 5.41) is 4.67. The fraction of sp³-hybridized carbons (Fsp3) is 0.250. The first-order chi connectivity index (χ1) is 14.7. The Morgan fingerprint density at radius 1 is 0.867 bits per heavy atom. The first-order valence-corrected chi connectivity index (χ1v) is 10.4. The molecule has 1 fully saturated rings. The lowest BCUT2D eigenvalue weighted by atomic mass is 10.1. The van der Waals surface area contributed by atoms with Crippen LogP contribution in [0.3, 0.4) is 0 Å². The molecule has 6 heteroatoms. The summed E-state index contributed by atoms with van der Waals surface area (Å²) in [5.74, 6) is -0.0465. The summed E-state index contributed by atoms with van der Waals surface area (Å²) in [7, 11) is 0. The predicted octanol–water partition coefficient (Wildman–Crippen LogP) is 4.42. The van der Waals surface area contributed by atoms with Gasteiger partial charge in [0.2, 0.25) is 0 Å². The molecular formula is C24H23N5O. The lowest BCUT2D eigenvalue weighted by Crippen LogP contribution is -2.36. The van der Waals surface area contributed by atoms with Crippen LogP contribution in [-0.2, 0) is 0 Å². The molecule has 1 aliphatic heterocycles. The second kappa shape index (κ2) is 7.71. The summed E-state index contributed by atoms with van der Waals surface area (Å²) in [4.78, 5) is 25.1. The third kappa shape index (κ3) is 3.24. The summed E-state index contributed by atoms with van der Waals surface area (Å²) in [6.07, 6.45) is 3.24.